The van der Waals surface area contributed by atoms with Crippen LogP contribution < -0.4 is 0 Å². The molecule has 0 bridgehead atoms. The SMILES string of the molecule is C=O.O[SiH2]O. The quantitative estimate of drug-likeness (QED) is 0.334. The molecule has 2 N–H and O–H groups in total. The first-order valence-electron chi connectivity index (χ1n) is 0.921. The fraction of sp³-hybridized carbons (Fsp3) is 0. The van der Waals surface area contributed by atoms with Crippen LogP contribution in [0.15, 0.2) is 0 Å². The zero-order valence-electron chi connectivity index (χ0n) is 2.72. The van der Waals surface area contributed by atoms with E-state index in [1.54, 1.807) is 0 Å². The summed E-state index contributed by atoms with van der Waals surface area (Å²) in [7, 11) is -1.58. The van der Waals surface area contributed by atoms with Gasteiger partial charge in [-0.1, -0.05) is 0 Å². The molecule has 3 nitrogen and oxygen atoms in total. The Morgan fingerprint density at radius 1 is 1.40 bits per heavy atom. The van der Waals surface area contributed by atoms with Crippen molar-refractivity contribution in [3.8, 4) is 0 Å². The Morgan fingerprint density at radius 3 is 1.40 bits per heavy atom. The van der Waals surface area contributed by atoms with Crippen molar-refractivity contribution in [1.29, 1.82) is 0 Å². The van der Waals surface area contributed by atoms with Crippen LogP contribution in [0.5, 0.6) is 0 Å². The van der Waals surface area contributed by atoms with E-state index in [9.17, 15) is 0 Å². The molecule has 0 aliphatic rings. The normalized spacial score (nSPS) is 4.40. The molecule has 0 aliphatic carbocycles. The van der Waals surface area contributed by atoms with Gasteiger partial charge in [0.15, 0.2) is 0 Å². The van der Waals surface area contributed by atoms with E-state index in [0.29, 0.717) is 0 Å². The first-order chi connectivity index (χ1) is 2.41. The Balaban J connectivity index is 0. The maximum atomic E-state index is 8.00. The molecule has 0 aromatic rings. The third kappa shape index (κ3) is 333. The van der Waals surface area contributed by atoms with Crippen molar-refractivity contribution >= 4 is 16.8 Å². The molecule has 0 amide bonds. The summed E-state index contributed by atoms with van der Waals surface area (Å²) in [6.45, 7) is 2.00. The van der Waals surface area contributed by atoms with E-state index >= 15 is 0 Å². The highest BCUT2D eigenvalue weighted by Gasteiger charge is 1.40. The topological polar surface area (TPSA) is 57.5 Å². The van der Waals surface area contributed by atoms with Crippen molar-refractivity contribution in [1.82, 2.24) is 0 Å². The van der Waals surface area contributed by atoms with Gasteiger partial charge in [-0.05, 0) is 0 Å². The maximum absolute atomic E-state index is 8.00. The monoisotopic (exact) mass is 94.0 g/mol. The van der Waals surface area contributed by atoms with Crippen molar-refractivity contribution < 1.29 is 14.4 Å². The molecule has 0 atom stereocenters. The molecule has 0 rings (SSSR count). The zero-order valence-corrected chi connectivity index (χ0v) is 4.13. The number of carbonyl (C=O) groups is 1. The predicted octanol–water partition coefficient (Wildman–Crippen LogP) is -2.22. The van der Waals surface area contributed by atoms with Crippen LogP contribution in [0.4, 0.5) is 0 Å². The van der Waals surface area contributed by atoms with E-state index in [1.165, 1.54) is 0 Å². The van der Waals surface area contributed by atoms with Crippen LogP contribution in [0.2, 0.25) is 0 Å². The fourth-order valence-electron chi connectivity index (χ4n) is 0. The van der Waals surface area contributed by atoms with Crippen molar-refractivity contribution in [2.45, 2.75) is 0 Å². The summed E-state index contributed by atoms with van der Waals surface area (Å²) in [5.41, 5.74) is 0. The van der Waals surface area contributed by atoms with Gasteiger partial charge in [-0.25, -0.2) is 0 Å². The van der Waals surface area contributed by atoms with Gasteiger partial charge in [0.2, 0.25) is 0 Å². The Bertz CT molecular complexity index is 10.9. The lowest BCUT2D eigenvalue weighted by Crippen LogP contribution is -1.75. The molecular formula is CH6O3Si. The van der Waals surface area contributed by atoms with E-state index in [2.05, 4.69) is 0 Å². The van der Waals surface area contributed by atoms with Gasteiger partial charge in [0.05, 0.1) is 0 Å². The Kier molecular flexibility index (Phi) is 81.5. The second kappa shape index (κ2) is 46.1. The minimum atomic E-state index is -1.58. The van der Waals surface area contributed by atoms with Crippen LogP contribution in [0.25, 0.3) is 0 Å². The summed E-state index contributed by atoms with van der Waals surface area (Å²) in [5, 5.41) is 0. The van der Waals surface area contributed by atoms with Crippen LogP contribution in [0.1, 0.15) is 0 Å². The van der Waals surface area contributed by atoms with E-state index in [4.69, 9.17) is 14.4 Å². The minimum absolute atomic E-state index is 1.58. The molecule has 0 heterocycles. The van der Waals surface area contributed by atoms with Crippen LogP contribution in [0, 0.1) is 0 Å². The van der Waals surface area contributed by atoms with Gasteiger partial charge in [0.1, 0.15) is 6.79 Å². The molecule has 0 aliphatic heterocycles. The molecule has 0 radical (unpaired) electrons. The number of carbonyl (C=O) groups excluding carboxylic acids is 1. The average Bonchev–Trinajstić information content (AvgIpc) is 1.46. The summed E-state index contributed by atoms with van der Waals surface area (Å²) < 4.78 is 0. The van der Waals surface area contributed by atoms with Crippen LogP contribution in [-0.2, 0) is 4.79 Å². The number of hydrogen-bond acceptors (Lipinski definition) is 3. The lowest BCUT2D eigenvalue weighted by atomic mass is 11.9. The van der Waals surface area contributed by atoms with Gasteiger partial charge in [0, 0.05) is 0 Å². The molecule has 0 saturated heterocycles. The van der Waals surface area contributed by atoms with Gasteiger partial charge in [-0.3, -0.25) is 0 Å². The molecular weight excluding hydrogens is 88.1 g/mol. The van der Waals surface area contributed by atoms with E-state index < -0.39 is 10.0 Å². The molecule has 0 fully saturated rings. The van der Waals surface area contributed by atoms with Gasteiger partial charge in [0.25, 0.3) is 10.0 Å². The summed E-state index contributed by atoms with van der Waals surface area (Å²) >= 11 is 0. The van der Waals surface area contributed by atoms with Gasteiger partial charge in [-0.2, -0.15) is 0 Å². The van der Waals surface area contributed by atoms with Crippen LogP contribution in [0.3, 0.4) is 0 Å². The smallest absolute Gasteiger partial charge is 0.299 e. The van der Waals surface area contributed by atoms with Gasteiger partial charge < -0.3 is 14.4 Å². The highest BCUT2D eigenvalue weighted by Crippen LogP contribution is 1.08. The molecule has 0 spiro atoms. The predicted molar refractivity (Wildman–Crippen MR) is 20.1 cm³/mol. The minimum Gasteiger partial charge on any atom is -0.415 e. The second-order valence-corrected chi connectivity index (χ2v) is 0.424. The molecule has 32 valence electrons. The Morgan fingerprint density at radius 2 is 1.40 bits per heavy atom. The van der Waals surface area contributed by atoms with Crippen LogP contribution in [-0.4, -0.2) is 26.4 Å². The summed E-state index contributed by atoms with van der Waals surface area (Å²) in [6, 6.07) is 0. The number of rotatable bonds is 0. The third-order valence-corrected chi connectivity index (χ3v) is 0. The average molecular weight is 94.1 g/mol. The molecule has 0 aromatic heterocycles. The molecule has 4 heteroatoms. The summed E-state index contributed by atoms with van der Waals surface area (Å²) in [6.07, 6.45) is 0. The molecule has 5 heavy (non-hydrogen) atoms. The zero-order chi connectivity index (χ0) is 4.71. The van der Waals surface area contributed by atoms with Gasteiger partial charge in [-0.15, -0.1) is 0 Å². The summed E-state index contributed by atoms with van der Waals surface area (Å²) in [4.78, 5) is 22.5. The van der Waals surface area contributed by atoms with Crippen molar-refractivity contribution in [2.75, 3.05) is 0 Å². The lowest BCUT2D eigenvalue weighted by molar-refractivity contribution is -0.0979. The maximum Gasteiger partial charge on any atom is 0.299 e. The van der Waals surface area contributed by atoms with Crippen molar-refractivity contribution in [2.24, 2.45) is 0 Å². The summed E-state index contributed by atoms with van der Waals surface area (Å²) in [5.74, 6) is 0. The number of hydrogen-bond donors (Lipinski definition) is 2. The fourth-order valence-corrected chi connectivity index (χ4v) is 0. The Hall–Kier alpha value is -0.193. The second-order valence-electron chi connectivity index (χ2n) is 0.141. The van der Waals surface area contributed by atoms with Crippen molar-refractivity contribution in [3.05, 3.63) is 0 Å². The lowest BCUT2D eigenvalue weighted by Gasteiger charge is -1.52. The van der Waals surface area contributed by atoms with Crippen molar-refractivity contribution in [3.63, 3.8) is 0 Å². The first-order valence-corrected chi connectivity index (χ1v) is 2.19. The van der Waals surface area contributed by atoms with E-state index in [1.807, 2.05) is 6.79 Å². The first kappa shape index (κ1) is 8.84. The molecule has 0 unspecified atom stereocenters. The third-order valence-electron chi connectivity index (χ3n) is 0. The van der Waals surface area contributed by atoms with Gasteiger partial charge >= 0.3 is 0 Å². The standard InChI is InChI=1S/CH2O.H4O2Si/c1-2;1-3-2/h1H2;1-2H,3H2. The largest absolute Gasteiger partial charge is 0.415 e. The van der Waals surface area contributed by atoms with Crippen LogP contribution >= 0.6 is 0 Å². The van der Waals surface area contributed by atoms with E-state index in [-0.39, 0.29) is 0 Å². The highest BCUT2D eigenvalue weighted by atomic mass is 28.2. The molecule has 0 saturated carbocycles. The molecule has 0 aromatic carbocycles. The highest BCUT2D eigenvalue weighted by molar-refractivity contribution is 6.13. The van der Waals surface area contributed by atoms with E-state index in [0.717, 1.165) is 0 Å². The Labute approximate surface area is 32.3 Å².